The number of hydrogen-bond donors (Lipinski definition) is 2. The minimum absolute atomic E-state index is 0.229. The van der Waals surface area contributed by atoms with Gasteiger partial charge < -0.3 is 19.9 Å². The van der Waals surface area contributed by atoms with E-state index in [4.69, 9.17) is 9.26 Å². The first kappa shape index (κ1) is 16.7. The number of para-hydroxylation sites is 1. The van der Waals surface area contributed by atoms with Gasteiger partial charge in [-0.05, 0) is 19.1 Å². The molecule has 2 N–H and O–H groups in total. The van der Waals surface area contributed by atoms with Gasteiger partial charge in [-0.15, -0.1) is 0 Å². The van der Waals surface area contributed by atoms with Crippen LogP contribution in [0.3, 0.4) is 0 Å². The van der Waals surface area contributed by atoms with Crippen molar-refractivity contribution in [1.29, 1.82) is 0 Å². The average Bonchev–Trinajstić information content (AvgIpc) is 2.95. The molecular weight excluding hydrogens is 301 g/mol. The molecule has 0 aliphatic rings. The Balaban J connectivity index is 1.77. The molecule has 0 amide bonds. The molecule has 1 unspecified atom stereocenters. The molecule has 0 saturated heterocycles. The van der Waals surface area contributed by atoms with Crippen LogP contribution < -0.4 is 15.4 Å². The first-order chi connectivity index (χ1) is 11.1. The zero-order chi connectivity index (χ0) is 16.7. The molecule has 1 heterocycles. The zero-order valence-electron chi connectivity index (χ0n) is 13.3. The van der Waals surface area contributed by atoms with Crippen molar-refractivity contribution >= 4 is 5.96 Å². The molecule has 7 nitrogen and oxygen atoms in total. The number of nitrogens with one attached hydrogen (secondary N) is 2. The van der Waals surface area contributed by atoms with Crippen LogP contribution in [0.1, 0.15) is 18.6 Å². The highest BCUT2D eigenvalue weighted by Gasteiger charge is 2.09. The number of benzene rings is 1. The predicted molar refractivity (Wildman–Crippen MR) is 83.7 cm³/mol. The van der Waals surface area contributed by atoms with Crippen LogP contribution in [0.5, 0.6) is 5.75 Å². The fourth-order valence-corrected chi connectivity index (χ4v) is 1.84. The van der Waals surface area contributed by atoms with Crippen LogP contribution >= 0.6 is 0 Å². The lowest BCUT2D eigenvalue weighted by Gasteiger charge is -2.17. The van der Waals surface area contributed by atoms with E-state index in [-0.39, 0.29) is 17.7 Å². The lowest BCUT2D eigenvalue weighted by atomic mass is 10.3. The molecule has 0 aliphatic carbocycles. The molecule has 1 atom stereocenters. The summed E-state index contributed by atoms with van der Waals surface area (Å²) in [5.41, 5.74) is 0. The number of hydrogen-bond acceptors (Lipinski definition) is 5. The van der Waals surface area contributed by atoms with Crippen LogP contribution in [0.2, 0.25) is 0 Å². The molecule has 2 rings (SSSR count). The second-order valence-corrected chi connectivity index (χ2v) is 4.90. The number of nitrogens with zero attached hydrogens (tertiary/aromatic N) is 3. The third-order valence-corrected chi connectivity index (χ3v) is 2.93. The number of halogens is 1. The van der Waals surface area contributed by atoms with Crippen molar-refractivity contribution in [3.63, 3.8) is 0 Å². The van der Waals surface area contributed by atoms with E-state index < -0.39 is 0 Å². The fourth-order valence-electron chi connectivity index (χ4n) is 1.84. The van der Waals surface area contributed by atoms with Gasteiger partial charge in [0, 0.05) is 14.0 Å². The first-order valence-electron chi connectivity index (χ1n) is 7.23. The Morgan fingerprint density at radius 1 is 1.39 bits per heavy atom. The quantitative estimate of drug-likeness (QED) is 0.622. The van der Waals surface area contributed by atoms with Crippen LogP contribution in [-0.4, -0.2) is 35.8 Å². The van der Waals surface area contributed by atoms with Crippen molar-refractivity contribution in [3.05, 3.63) is 41.8 Å². The van der Waals surface area contributed by atoms with Crippen molar-refractivity contribution in [2.75, 3.05) is 13.6 Å². The summed E-state index contributed by atoms with van der Waals surface area (Å²) in [4.78, 5) is 8.17. The fraction of sp³-hybridized carbons (Fsp3) is 0.400. The van der Waals surface area contributed by atoms with Gasteiger partial charge in [0.25, 0.3) is 0 Å². The number of guanidine groups is 1. The summed E-state index contributed by atoms with van der Waals surface area (Å²) < 4.78 is 24.0. The minimum Gasteiger partial charge on any atom is -0.486 e. The van der Waals surface area contributed by atoms with E-state index in [0.717, 1.165) is 0 Å². The van der Waals surface area contributed by atoms with Crippen LogP contribution in [0.4, 0.5) is 4.39 Å². The zero-order valence-corrected chi connectivity index (χ0v) is 13.3. The van der Waals surface area contributed by atoms with Gasteiger partial charge in [0.2, 0.25) is 5.89 Å². The molecule has 0 saturated carbocycles. The molecule has 0 spiro atoms. The topological polar surface area (TPSA) is 84.6 Å². The van der Waals surface area contributed by atoms with Crippen molar-refractivity contribution < 1.29 is 13.7 Å². The Bertz CT molecular complexity index is 659. The number of ether oxygens (including phenoxy) is 1. The standard InChI is InChI=1S/C15H20FN5O2/c1-10(22-13-7-5-4-6-12(13)16)8-18-15(17-3)19-9-14-20-11(2)23-21-14/h4-7,10H,8-9H2,1-3H3,(H2,17,18,19). The van der Waals surface area contributed by atoms with Gasteiger partial charge in [-0.1, -0.05) is 17.3 Å². The molecule has 2 aromatic rings. The lowest BCUT2D eigenvalue weighted by molar-refractivity contribution is 0.214. The summed E-state index contributed by atoms with van der Waals surface area (Å²) in [6, 6.07) is 6.31. The van der Waals surface area contributed by atoms with Crippen LogP contribution in [0.15, 0.2) is 33.8 Å². The highest BCUT2D eigenvalue weighted by Crippen LogP contribution is 2.16. The number of aryl methyl sites for hydroxylation is 1. The van der Waals surface area contributed by atoms with E-state index in [9.17, 15) is 4.39 Å². The summed E-state index contributed by atoms with van der Waals surface area (Å²) in [6.07, 6.45) is -0.238. The Morgan fingerprint density at radius 3 is 2.83 bits per heavy atom. The van der Waals surface area contributed by atoms with Gasteiger partial charge >= 0.3 is 0 Å². The van der Waals surface area contributed by atoms with E-state index in [0.29, 0.717) is 30.8 Å². The second kappa shape index (κ2) is 8.11. The van der Waals surface area contributed by atoms with Crippen molar-refractivity contribution in [2.45, 2.75) is 26.5 Å². The van der Waals surface area contributed by atoms with Gasteiger partial charge in [-0.25, -0.2) is 4.39 Å². The maximum Gasteiger partial charge on any atom is 0.223 e. The molecule has 1 aromatic carbocycles. The summed E-state index contributed by atoms with van der Waals surface area (Å²) in [5.74, 6) is 1.47. The minimum atomic E-state index is -0.380. The molecule has 8 heteroatoms. The van der Waals surface area contributed by atoms with Gasteiger partial charge in [-0.3, -0.25) is 4.99 Å². The van der Waals surface area contributed by atoms with E-state index in [1.165, 1.54) is 6.07 Å². The van der Waals surface area contributed by atoms with Gasteiger partial charge in [-0.2, -0.15) is 4.98 Å². The van der Waals surface area contributed by atoms with Crippen LogP contribution in [0.25, 0.3) is 0 Å². The van der Waals surface area contributed by atoms with Gasteiger partial charge in [0.15, 0.2) is 23.4 Å². The maximum atomic E-state index is 13.5. The van der Waals surface area contributed by atoms with E-state index in [1.54, 1.807) is 32.2 Å². The van der Waals surface area contributed by atoms with E-state index in [1.807, 2.05) is 6.92 Å². The smallest absolute Gasteiger partial charge is 0.223 e. The Hall–Kier alpha value is -2.64. The summed E-state index contributed by atoms with van der Waals surface area (Å²) in [6.45, 7) is 4.42. The van der Waals surface area contributed by atoms with Crippen molar-refractivity contribution in [1.82, 2.24) is 20.8 Å². The molecule has 0 fully saturated rings. The molecule has 0 aliphatic heterocycles. The molecule has 0 bridgehead atoms. The third-order valence-electron chi connectivity index (χ3n) is 2.93. The largest absolute Gasteiger partial charge is 0.486 e. The Labute approximate surface area is 134 Å². The first-order valence-corrected chi connectivity index (χ1v) is 7.23. The molecule has 124 valence electrons. The normalized spacial score (nSPS) is 12.8. The monoisotopic (exact) mass is 321 g/mol. The lowest BCUT2D eigenvalue weighted by Crippen LogP contribution is -2.41. The SMILES string of the molecule is CN=C(NCc1noc(C)n1)NCC(C)Oc1ccccc1F. The summed E-state index contributed by atoms with van der Waals surface area (Å²) in [5, 5.41) is 9.93. The number of aliphatic imine (C=N–C) groups is 1. The third kappa shape index (κ3) is 5.24. The average molecular weight is 321 g/mol. The predicted octanol–water partition coefficient (Wildman–Crippen LogP) is 1.65. The highest BCUT2D eigenvalue weighted by atomic mass is 19.1. The molecule has 1 aromatic heterocycles. The molecule has 23 heavy (non-hydrogen) atoms. The summed E-state index contributed by atoms with van der Waals surface area (Å²) in [7, 11) is 1.65. The van der Waals surface area contributed by atoms with Crippen LogP contribution in [0, 0.1) is 12.7 Å². The molecule has 0 radical (unpaired) electrons. The maximum absolute atomic E-state index is 13.5. The summed E-state index contributed by atoms with van der Waals surface area (Å²) >= 11 is 0. The Morgan fingerprint density at radius 2 is 2.17 bits per heavy atom. The van der Waals surface area contributed by atoms with Crippen molar-refractivity contribution in [3.8, 4) is 5.75 Å². The number of rotatable bonds is 6. The van der Waals surface area contributed by atoms with Gasteiger partial charge in [0.05, 0.1) is 13.1 Å². The van der Waals surface area contributed by atoms with Crippen LogP contribution in [-0.2, 0) is 6.54 Å². The molecular formula is C15H20FN5O2. The highest BCUT2D eigenvalue weighted by molar-refractivity contribution is 5.79. The number of aromatic nitrogens is 2. The Kier molecular flexibility index (Phi) is 5.90. The second-order valence-electron chi connectivity index (χ2n) is 4.90. The van der Waals surface area contributed by atoms with E-state index in [2.05, 4.69) is 25.8 Å². The van der Waals surface area contributed by atoms with Gasteiger partial charge in [0.1, 0.15) is 6.10 Å². The van der Waals surface area contributed by atoms with Crippen molar-refractivity contribution in [2.24, 2.45) is 4.99 Å². The van der Waals surface area contributed by atoms with E-state index >= 15 is 0 Å².